The summed E-state index contributed by atoms with van der Waals surface area (Å²) in [5.41, 5.74) is 1.65. The largest absolute Gasteiger partial charge is 0.251 e. The molecule has 2 nitrogen and oxygen atoms in total. The van der Waals surface area contributed by atoms with Crippen molar-refractivity contribution in [2.45, 2.75) is 18.6 Å². The summed E-state index contributed by atoms with van der Waals surface area (Å²) >= 11 is 0. The highest BCUT2D eigenvalue weighted by atomic mass is 35.7. The fraction of sp³-hybridized carbons (Fsp3) is 0.400. The highest BCUT2D eigenvalue weighted by molar-refractivity contribution is 8.13. The minimum absolute atomic E-state index is 0.169. The van der Waals surface area contributed by atoms with Crippen molar-refractivity contribution in [2.24, 2.45) is 0 Å². The van der Waals surface area contributed by atoms with Gasteiger partial charge in [-0.05, 0) is 24.0 Å². The van der Waals surface area contributed by atoms with Gasteiger partial charge in [0.05, 0.1) is 12.4 Å². The molecule has 0 heterocycles. The molecule has 0 fully saturated rings. The average Bonchev–Trinajstić information content (AvgIpc) is 2.14. The number of hydrogen-bond acceptors (Lipinski definition) is 2. The van der Waals surface area contributed by atoms with E-state index in [0.717, 1.165) is 5.56 Å². The van der Waals surface area contributed by atoms with Crippen molar-refractivity contribution in [2.75, 3.05) is 6.67 Å². The van der Waals surface area contributed by atoms with Gasteiger partial charge in [-0.1, -0.05) is 24.3 Å². The molecule has 15 heavy (non-hydrogen) atoms. The molecule has 0 saturated carbocycles. The zero-order valence-corrected chi connectivity index (χ0v) is 9.69. The van der Waals surface area contributed by atoms with Crippen LogP contribution < -0.4 is 0 Å². The van der Waals surface area contributed by atoms with Gasteiger partial charge in [0.1, 0.15) is 0 Å². The van der Waals surface area contributed by atoms with Gasteiger partial charge in [-0.3, -0.25) is 4.39 Å². The molecule has 0 amide bonds. The summed E-state index contributed by atoms with van der Waals surface area (Å²) in [6.07, 6.45) is 1.16. The average molecular weight is 251 g/mol. The molecule has 1 rings (SSSR count). The molecule has 0 saturated heterocycles. The third-order valence-corrected chi connectivity index (χ3v) is 2.97. The molecular formula is C10H12ClFO2S. The van der Waals surface area contributed by atoms with Crippen LogP contribution in [-0.4, -0.2) is 15.1 Å². The molecule has 0 atom stereocenters. The van der Waals surface area contributed by atoms with Gasteiger partial charge >= 0.3 is 0 Å². The number of alkyl halides is 1. The molecule has 0 unspecified atom stereocenters. The Kier molecular flexibility index (Phi) is 4.54. The molecule has 1 aromatic carbocycles. The molecule has 84 valence electrons. The maximum Gasteiger partial charge on any atom is 0.236 e. The second-order valence-corrected chi connectivity index (χ2v) is 6.07. The van der Waals surface area contributed by atoms with Crippen LogP contribution in [0.3, 0.4) is 0 Å². The first-order chi connectivity index (χ1) is 7.01. The summed E-state index contributed by atoms with van der Waals surface area (Å²) in [5.74, 6) is -0.169. The third kappa shape index (κ3) is 5.14. The molecule has 5 heteroatoms. The van der Waals surface area contributed by atoms with Gasteiger partial charge in [0.2, 0.25) is 9.05 Å². The molecule has 0 aliphatic carbocycles. The maximum absolute atomic E-state index is 11.9. The summed E-state index contributed by atoms with van der Waals surface area (Å²) in [6, 6.07) is 7.00. The van der Waals surface area contributed by atoms with Crippen LogP contribution in [0.4, 0.5) is 4.39 Å². The van der Waals surface area contributed by atoms with E-state index in [1.807, 2.05) is 0 Å². The Morgan fingerprint density at radius 1 is 1.13 bits per heavy atom. The van der Waals surface area contributed by atoms with E-state index in [2.05, 4.69) is 0 Å². The second kappa shape index (κ2) is 5.47. The monoisotopic (exact) mass is 250 g/mol. The predicted octanol–water partition coefficient (Wildman–Crippen LogP) is 2.66. The van der Waals surface area contributed by atoms with Gasteiger partial charge in [0.15, 0.2) is 0 Å². The molecule has 0 aliphatic heterocycles. The lowest BCUT2D eigenvalue weighted by Gasteiger charge is -2.01. The highest BCUT2D eigenvalue weighted by Crippen LogP contribution is 2.12. The molecule has 0 bridgehead atoms. The Bertz CT molecular complexity index is 400. The molecule has 0 spiro atoms. The number of halogens is 2. The molecular weight excluding hydrogens is 239 g/mol. The Morgan fingerprint density at radius 2 is 1.67 bits per heavy atom. The first-order valence-electron chi connectivity index (χ1n) is 4.57. The summed E-state index contributed by atoms with van der Waals surface area (Å²) in [5, 5.41) is 0. The first kappa shape index (κ1) is 12.5. The van der Waals surface area contributed by atoms with Crippen LogP contribution >= 0.6 is 10.7 Å². The molecule has 0 N–H and O–H groups in total. The molecule has 0 aliphatic rings. The van der Waals surface area contributed by atoms with Gasteiger partial charge in [-0.25, -0.2) is 8.42 Å². The summed E-state index contributed by atoms with van der Waals surface area (Å²) < 4.78 is 33.4. The van der Waals surface area contributed by atoms with Crippen LogP contribution in [0.1, 0.15) is 17.5 Å². The van der Waals surface area contributed by atoms with Crippen molar-refractivity contribution in [3.63, 3.8) is 0 Å². The quantitative estimate of drug-likeness (QED) is 0.753. The van der Waals surface area contributed by atoms with Gasteiger partial charge in [0.25, 0.3) is 0 Å². The van der Waals surface area contributed by atoms with Crippen molar-refractivity contribution >= 4 is 19.7 Å². The van der Waals surface area contributed by atoms with E-state index in [1.165, 1.54) is 0 Å². The van der Waals surface area contributed by atoms with Crippen LogP contribution in [0.15, 0.2) is 24.3 Å². The number of hydrogen-bond donors (Lipinski definition) is 0. The van der Waals surface area contributed by atoms with E-state index < -0.39 is 9.05 Å². The van der Waals surface area contributed by atoms with Crippen molar-refractivity contribution in [1.29, 1.82) is 0 Å². The van der Waals surface area contributed by atoms with Gasteiger partial charge in [0, 0.05) is 10.7 Å². The van der Waals surface area contributed by atoms with E-state index in [-0.39, 0.29) is 12.4 Å². The van der Waals surface area contributed by atoms with Crippen LogP contribution in [0, 0.1) is 0 Å². The third-order valence-electron chi connectivity index (χ3n) is 1.96. The lowest BCUT2D eigenvalue weighted by atomic mass is 10.1. The number of rotatable bonds is 5. The smallest absolute Gasteiger partial charge is 0.236 e. The lowest BCUT2D eigenvalue weighted by Crippen LogP contribution is -1.95. The summed E-state index contributed by atoms with van der Waals surface area (Å²) in [6.45, 7) is -0.336. The van der Waals surface area contributed by atoms with Gasteiger partial charge in [-0.15, -0.1) is 0 Å². The zero-order valence-electron chi connectivity index (χ0n) is 8.12. The van der Waals surface area contributed by atoms with Crippen molar-refractivity contribution in [3.8, 4) is 0 Å². The van der Waals surface area contributed by atoms with Crippen molar-refractivity contribution in [3.05, 3.63) is 35.4 Å². The zero-order chi connectivity index (χ0) is 11.3. The fourth-order valence-electron chi connectivity index (χ4n) is 1.27. The lowest BCUT2D eigenvalue weighted by molar-refractivity contribution is 0.473. The summed E-state index contributed by atoms with van der Waals surface area (Å²) in [4.78, 5) is 0. The van der Waals surface area contributed by atoms with Gasteiger partial charge < -0.3 is 0 Å². The van der Waals surface area contributed by atoms with Crippen molar-refractivity contribution < 1.29 is 12.8 Å². The van der Waals surface area contributed by atoms with Crippen LogP contribution in [-0.2, 0) is 21.2 Å². The minimum atomic E-state index is -3.49. The molecule has 1 aromatic rings. The fourth-order valence-corrected chi connectivity index (χ4v) is 2.24. The topological polar surface area (TPSA) is 34.1 Å². The standard InChI is InChI=1S/C10H12ClFO2S/c11-15(13,14)8-10-5-3-9(4-6-10)2-1-7-12/h3-6H,1-2,7-8H2. The second-order valence-electron chi connectivity index (χ2n) is 3.29. The number of aryl methyl sites for hydroxylation is 1. The van der Waals surface area contributed by atoms with E-state index >= 15 is 0 Å². The first-order valence-corrected chi connectivity index (χ1v) is 7.05. The van der Waals surface area contributed by atoms with E-state index in [1.54, 1.807) is 24.3 Å². The Hall–Kier alpha value is -0.610. The van der Waals surface area contributed by atoms with Crippen LogP contribution in [0.25, 0.3) is 0 Å². The van der Waals surface area contributed by atoms with Crippen molar-refractivity contribution in [1.82, 2.24) is 0 Å². The Morgan fingerprint density at radius 3 is 2.13 bits per heavy atom. The van der Waals surface area contributed by atoms with E-state index in [9.17, 15) is 12.8 Å². The predicted molar refractivity (Wildman–Crippen MR) is 59.2 cm³/mol. The van der Waals surface area contributed by atoms with E-state index in [4.69, 9.17) is 10.7 Å². The van der Waals surface area contributed by atoms with Crippen LogP contribution in [0.2, 0.25) is 0 Å². The molecule has 0 radical (unpaired) electrons. The minimum Gasteiger partial charge on any atom is -0.251 e. The number of benzene rings is 1. The van der Waals surface area contributed by atoms with E-state index in [0.29, 0.717) is 18.4 Å². The highest BCUT2D eigenvalue weighted by Gasteiger charge is 2.06. The summed E-state index contributed by atoms with van der Waals surface area (Å²) in [7, 11) is 1.62. The van der Waals surface area contributed by atoms with Crippen LogP contribution in [0.5, 0.6) is 0 Å². The Labute approximate surface area is 93.5 Å². The normalized spacial score (nSPS) is 11.6. The maximum atomic E-state index is 11.9. The Balaban J connectivity index is 2.64. The van der Waals surface area contributed by atoms with Gasteiger partial charge in [-0.2, -0.15) is 0 Å². The SMILES string of the molecule is O=S(=O)(Cl)Cc1ccc(CCCF)cc1. The molecule has 0 aromatic heterocycles.